The van der Waals surface area contributed by atoms with Crippen LogP contribution in [-0.4, -0.2) is 23.8 Å². The van der Waals surface area contributed by atoms with E-state index in [9.17, 15) is 4.39 Å². The third-order valence-electron chi connectivity index (χ3n) is 2.97. The molecular formula is C14H21BrFN. The summed E-state index contributed by atoms with van der Waals surface area (Å²) in [6.07, 6.45) is 2.44. The number of rotatable bonds is 7. The van der Waals surface area contributed by atoms with E-state index in [-0.39, 0.29) is 5.82 Å². The van der Waals surface area contributed by atoms with Crippen molar-refractivity contribution in [1.82, 2.24) is 4.90 Å². The summed E-state index contributed by atoms with van der Waals surface area (Å²) < 4.78 is 12.7. The van der Waals surface area contributed by atoms with Crippen molar-refractivity contribution in [2.45, 2.75) is 26.3 Å². The summed E-state index contributed by atoms with van der Waals surface area (Å²) in [5.41, 5.74) is 1.17. The molecule has 3 heteroatoms. The lowest BCUT2D eigenvalue weighted by atomic mass is 10.1. The normalized spacial score (nSPS) is 13.0. The van der Waals surface area contributed by atoms with Gasteiger partial charge in [0.1, 0.15) is 5.82 Å². The molecule has 17 heavy (non-hydrogen) atoms. The Labute approximate surface area is 112 Å². The average Bonchev–Trinajstić information content (AvgIpc) is 2.30. The quantitative estimate of drug-likeness (QED) is 0.686. The average molecular weight is 302 g/mol. The van der Waals surface area contributed by atoms with Gasteiger partial charge in [0.15, 0.2) is 0 Å². The highest BCUT2D eigenvalue weighted by atomic mass is 79.9. The van der Waals surface area contributed by atoms with Crippen LogP contribution in [0.25, 0.3) is 0 Å². The molecule has 0 fully saturated rings. The predicted octanol–water partition coefficient (Wildman–Crippen LogP) is 4.07. The number of benzene rings is 1. The van der Waals surface area contributed by atoms with Crippen molar-refractivity contribution in [3.05, 3.63) is 35.6 Å². The predicted molar refractivity (Wildman–Crippen MR) is 74.9 cm³/mol. The number of nitrogens with zero attached hydrogens (tertiary/aromatic N) is 1. The maximum atomic E-state index is 12.7. The van der Waals surface area contributed by atoms with Gasteiger partial charge in [0.2, 0.25) is 0 Å². The molecule has 1 nitrogen and oxygen atoms in total. The van der Waals surface area contributed by atoms with Crippen LogP contribution in [-0.2, 0) is 6.54 Å². The lowest BCUT2D eigenvalue weighted by Gasteiger charge is -2.19. The van der Waals surface area contributed by atoms with E-state index in [4.69, 9.17) is 0 Å². The van der Waals surface area contributed by atoms with Crippen LogP contribution in [0.5, 0.6) is 0 Å². The molecule has 1 unspecified atom stereocenters. The fourth-order valence-electron chi connectivity index (χ4n) is 1.75. The third kappa shape index (κ3) is 6.18. The lowest BCUT2D eigenvalue weighted by Crippen LogP contribution is -2.20. The van der Waals surface area contributed by atoms with Crippen molar-refractivity contribution in [2.24, 2.45) is 5.92 Å². The first-order chi connectivity index (χ1) is 8.11. The first-order valence-electron chi connectivity index (χ1n) is 6.10. The zero-order valence-electron chi connectivity index (χ0n) is 10.6. The molecule has 0 saturated carbocycles. The van der Waals surface area contributed by atoms with E-state index in [2.05, 4.69) is 34.8 Å². The largest absolute Gasteiger partial charge is 0.302 e. The van der Waals surface area contributed by atoms with Crippen LogP contribution in [0.2, 0.25) is 0 Å². The summed E-state index contributed by atoms with van der Waals surface area (Å²) in [5.74, 6) is 0.590. The fraction of sp³-hybridized carbons (Fsp3) is 0.571. The molecule has 96 valence electrons. The number of alkyl halides is 1. The van der Waals surface area contributed by atoms with Crippen LogP contribution in [0.3, 0.4) is 0 Å². The van der Waals surface area contributed by atoms with E-state index in [1.165, 1.54) is 30.5 Å². The summed E-state index contributed by atoms with van der Waals surface area (Å²) in [4.78, 5) is 2.29. The summed E-state index contributed by atoms with van der Waals surface area (Å²) >= 11 is 3.47. The highest BCUT2D eigenvalue weighted by Crippen LogP contribution is 2.11. The van der Waals surface area contributed by atoms with E-state index >= 15 is 0 Å². The Morgan fingerprint density at radius 2 is 1.88 bits per heavy atom. The van der Waals surface area contributed by atoms with Crippen LogP contribution >= 0.6 is 15.9 Å². The van der Waals surface area contributed by atoms with Crippen molar-refractivity contribution in [2.75, 3.05) is 18.9 Å². The third-order valence-corrected chi connectivity index (χ3v) is 3.43. The summed E-state index contributed by atoms with van der Waals surface area (Å²) in [5, 5.41) is 1.08. The van der Waals surface area contributed by atoms with Gasteiger partial charge in [0, 0.05) is 11.9 Å². The van der Waals surface area contributed by atoms with E-state index in [1.807, 2.05) is 12.1 Å². The number of hydrogen-bond acceptors (Lipinski definition) is 1. The lowest BCUT2D eigenvalue weighted by molar-refractivity contribution is 0.297. The van der Waals surface area contributed by atoms with E-state index in [1.54, 1.807) is 0 Å². The minimum atomic E-state index is -0.164. The van der Waals surface area contributed by atoms with Crippen molar-refractivity contribution >= 4 is 15.9 Å². The number of hydrogen-bond donors (Lipinski definition) is 0. The Kier molecular flexibility index (Phi) is 6.75. The van der Waals surface area contributed by atoms with Crippen LogP contribution in [0.4, 0.5) is 4.39 Å². The molecule has 1 atom stereocenters. The van der Waals surface area contributed by atoms with Crippen LogP contribution in [0, 0.1) is 11.7 Å². The van der Waals surface area contributed by atoms with E-state index in [0.29, 0.717) is 0 Å². The van der Waals surface area contributed by atoms with Crippen LogP contribution in [0.15, 0.2) is 24.3 Å². The van der Waals surface area contributed by atoms with Gasteiger partial charge in [0.25, 0.3) is 0 Å². The SMILES string of the molecule is CC(CCBr)CCN(C)Cc1ccc(F)cc1. The second-order valence-electron chi connectivity index (χ2n) is 4.74. The molecule has 0 bridgehead atoms. The van der Waals surface area contributed by atoms with Crippen molar-refractivity contribution in [3.8, 4) is 0 Å². The summed E-state index contributed by atoms with van der Waals surface area (Å²) in [6.45, 7) is 4.26. The first kappa shape index (κ1) is 14.7. The van der Waals surface area contributed by atoms with E-state index < -0.39 is 0 Å². The van der Waals surface area contributed by atoms with Gasteiger partial charge in [0.05, 0.1) is 0 Å². The monoisotopic (exact) mass is 301 g/mol. The van der Waals surface area contributed by atoms with Gasteiger partial charge >= 0.3 is 0 Å². The summed E-state index contributed by atoms with van der Waals surface area (Å²) in [7, 11) is 2.12. The standard InChI is InChI=1S/C14H21BrFN/c1-12(7-9-15)8-10-17(2)11-13-3-5-14(16)6-4-13/h3-6,12H,7-11H2,1-2H3. The van der Waals surface area contributed by atoms with Crippen molar-refractivity contribution < 1.29 is 4.39 Å². The van der Waals surface area contributed by atoms with Gasteiger partial charge in [-0.15, -0.1) is 0 Å². The molecule has 0 amide bonds. The molecule has 0 aliphatic carbocycles. The van der Waals surface area contributed by atoms with Crippen molar-refractivity contribution in [3.63, 3.8) is 0 Å². The Hall–Kier alpha value is -0.410. The molecule has 0 aliphatic heterocycles. The van der Waals surface area contributed by atoms with E-state index in [0.717, 1.165) is 24.3 Å². The minimum absolute atomic E-state index is 0.164. The highest BCUT2D eigenvalue weighted by Gasteiger charge is 2.05. The Bertz CT molecular complexity index is 313. The zero-order valence-corrected chi connectivity index (χ0v) is 12.2. The number of halogens is 2. The first-order valence-corrected chi connectivity index (χ1v) is 7.23. The molecular weight excluding hydrogens is 281 g/mol. The van der Waals surface area contributed by atoms with Gasteiger partial charge < -0.3 is 4.90 Å². The van der Waals surface area contributed by atoms with Crippen LogP contribution in [0.1, 0.15) is 25.3 Å². The molecule has 1 rings (SSSR count). The second-order valence-corrected chi connectivity index (χ2v) is 5.53. The zero-order chi connectivity index (χ0) is 12.7. The Balaban J connectivity index is 2.29. The van der Waals surface area contributed by atoms with Gasteiger partial charge in [-0.3, -0.25) is 0 Å². The highest BCUT2D eigenvalue weighted by molar-refractivity contribution is 9.09. The maximum absolute atomic E-state index is 12.7. The smallest absolute Gasteiger partial charge is 0.123 e. The molecule has 0 heterocycles. The molecule has 0 aliphatic rings. The second kappa shape index (κ2) is 7.83. The molecule has 0 radical (unpaired) electrons. The molecule has 0 aromatic heterocycles. The summed E-state index contributed by atoms with van der Waals surface area (Å²) in [6, 6.07) is 6.76. The fourth-order valence-corrected chi connectivity index (χ4v) is 2.53. The minimum Gasteiger partial charge on any atom is -0.302 e. The van der Waals surface area contributed by atoms with Gasteiger partial charge in [-0.05, 0) is 50.0 Å². The molecule has 0 spiro atoms. The maximum Gasteiger partial charge on any atom is 0.123 e. The van der Waals surface area contributed by atoms with Gasteiger partial charge in [-0.2, -0.15) is 0 Å². The molecule has 1 aromatic rings. The van der Waals surface area contributed by atoms with Gasteiger partial charge in [-0.1, -0.05) is 35.0 Å². The Morgan fingerprint density at radius 1 is 1.24 bits per heavy atom. The Morgan fingerprint density at radius 3 is 2.47 bits per heavy atom. The topological polar surface area (TPSA) is 3.24 Å². The van der Waals surface area contributed by atoms with Gasteiger partial charge in [-0.25, -0.2) is 4.39 Å². The molecule has 0 saturated heterocycles. The van der Waals surface area contributed by atoms with Crippen LogP contribution < -0.4 is 0 Å². The van der Waals surface area contributed by atoms with Crippen molar-refractivity contribution in [1.29, 1.82) is 0 Å². The molecule has 1 aromatic carbocycles. The molecule has 0 N–H and O–H groups in total.